The van der Waals surface area contributed by atoms with E-state index in [1.807, 2.05) is 0 Å². The molecule has 0 unspecified atom stereocenters. The van der Waals surface area contributed by atoms with Crippen molar-refractivity contribution in [1.82, 2.24) is 4.90 Å². The molecule has 3 aliphatic rings. The molecule has 0 spiro atoms. The summed E-state index contributed by atoms with van der Waals surface area (Å²) in [6, 6.07) is 5.88. The van der Waals surface area contributed by atoms with Crippen molar-refractivity contribution in [2.45, 2.75) is 37.5 Å². The van der Waals surface area contributed by atoms with Crippen molar-refractivity contribution in [3.8, 4) is 0 Å². The smallest absolute Gasteiger partial charge is 0.412 e. The maximum atomic E-state index is 12.6. The summed E-state index contributed by atoms with van der Waals surface area (Å²) in [7, 11) is -4.15. The lowest BCUT2D eigenvalue weighted by Gasteiger charge is -2.36. The van der Waals surface area contributed by atoms with Crippen LogP contribution in [0, 0.1) is 0 Å². The third-order valence-electron chi connectivity index (χ3n) is 4.07. The number of hydrogen-bond donors (Lipinski definition) is 1. The summed E-state index contributed by atoms with van der Waals surface area (Å²) < 4.78 is 41.2. The molecule has 1 aromatic carbocycles. The number of nitrogens with zero attached hydrogens (tertiary/aromatic N) is 1. The molecular weight excluding hydrogens is 364 g/mol. The Morgan fingerprint density at radius 3 is 2.65 bits per heavy atom. The van der Waals surface area contributed by atoms with Gasteiger partial charge in [-0.2, -0.15) is 8.42 Å². The Hall–Kier alpha value is -2.17. The van der Waals surface area contributed by atoms with Crippen LogP contribution in [0.2, 0.25) is 0 Å². The van der Waals surface area contributed by atoms with Gasteiger partial charge in [0.2, 0.25) is 5.91 Å². The Bertz CT molecular complexity index is 778. The highest BCUT2D eigenvalue weighted by atomic mass is 32.2. The molecule has 2 bridgehead atoms. The zero-order valence-electron chi connectivity index (χ0n) is 13.3. The number of rotatable bonds is 4. The molecule has 0 aliphatic carbocycles. The van der Waals surface area contributed by atoms with Crippen molar-refractivity contribution in [3.63, 3.8) is 0 Å². The fraction of sp³-hybridized carbons (Fsp3) is 0.500. The summed E-state index contributed by atoms with van der Waals surface area (Å²) >= 11 is 0. The number of fused-ring (bicyclic) bond motifs is 5. The highest BCUT2D eigenvalue weighted by molar-refractivity contribution is 7.86. The summed E-state index contributed by atoms with van der Waals surface area (Å²) in [4.78, 5) is 24.5. The molecule has 3 heterocycles. The first kappa shape index (κ1) is 20.1. The van der Waals surface area contributed by atoms with Gasteiger partial charge in [0.25, 0.3) is 10.1 Å². The number of carbonyl (C=O) groups is 2. The van der Waals surface area contributed by atoms with Gasteiger partial charge in [0.15, 0.2) is 5.72 Å². The van der Waals surface area contributed by atoms with E-state index in [1.54, 1.807) is 12.1 Å². The molecule has 1 aromatic rings. The lowest BCUT2D eigenvalue weighted by Crippen LogP contribution is -2.54. The summed E-state index contributed by atoms with van der Waals surface area (Å²) in [5.74, 6) is -0.710. The summed E-state index contributed by atoms with van der Waals surface area (Å²) in [5.41, 5.74) is 4.12. The summed E-state index contributed by atoms with van der Waals surface area (Å²) in [6.45, 7) is -0.475. The largest absolute Gasteiger partial charge is 0.444 e. The van der Waals surface area contributed by atoms with E-state index in [9.17, 15) is 18.0 Å². The maximum Gasteiger partial charge on any atom is 0.412 e. The van der Waals surface area contributed by atoms with Crippen molar-refractivity contribution in [3.05, 3.63) is 29.8 Å². The molecule has 144 valence electrons. The van der Waals surface area contributed by atoms with Gasteiger partial charge in [0.05, 0.1) is 11.5 Å². The lowest BCUT2D eigenvalue weighted by molar-refractivity contribution is -0.130. The van der Waals surface area contributed by atoms with Crippen molar-refractivity contribution < 1.29 is 31.7 Å². The number of nitrogens with two attached hydrogens (primary N) is 1. The van der Waals surface area contributed by atoms with Crippen molar-refractivity contribution in [2.75, 3.05) is 19.8 Å². The quantitative estimate of drug-likeness (QED) is 0.764. The van der Waals surface area contributed by atoms with Crippen LogP contribution in [0.25, 0.3) is 0 Å². The normalized spacial score (nSPS) is 24.2. The Morgan fingerprint density at radius 1 is 1.31 bits per heavy atom. The second kappa shape index (κ2) is 7.60. The van der Waals surface area contributed by atoms with Crippen LogP contribution in [0.5, 0.6) is 0 Å². The number of benzene rings is 1. The first-order valence-corrected chi connectivity index (χ1v) is 9.08. The predicted octanol–water partition coefficient (Wildman–Crippen LogP) is 0.972. The molecule has 10 heteroatoms. The van der Waals surface area contributed by atoms with Gasteiger partial charge in [0, 0.05) is 13.0 Å². The molecule has 1 atom stereocenters. The SMILES string of the molecule is C.NC(=O)COC[C@@]12CCCN1C(=O)OCc1ccc(cc1)S(=O)(=O)O2. The van der Waals surface area contributed by atoms with E-state index in [2.05, 4.69) is 0 Å². The second-order valence-electron chi connectivity index (χ2n) is 5.90. The maximum absolute atomic E-state index is 12.6. The molecule has 2 amide bonds. The van der Waals surface area contributed by atoms with E-state index in [4.69, 9.17) is 19.4 Å². The molecule has 0 radical (unpaired) electrons. The monoisotopic (exact) mass is 386 g/mol. The molecule has 4 rings (SSSR count). The number of carbonyl (C=O) groups excluding carboxylic acids is 2. The molecule has 26 heavy (non-hydrogen) atoms. The van der Waals surface area contributed by atoms with E-state index in [-0.39, 0.29) is 38.5 Å². The van der Waals surface area contributed by atoms with Gasteiger partial charge >= 0.3 is 6.09 Å². The van der Waals surface area contributed by atoms with Crippen LogP contribution in [0.3, 0.4) is 0 Å². The fourth-order valence-electron chi connectivity index (χ4n) is 2.91. The fourth-order valence-corrected chi connectivity index (χ4v) is 4.10. The molecule has 0 aromatic heterocycles. The standard InChI is InChI=1S/C15H18N2O7S.CH4/c16-13(18)9-22-10-15-6-1-7-17(15)14(19)23-8-11-2-4-12(5-3-11)25(20,21)24-15;/h2-5H,1,6-10H2,(H2,16,18);1H4/t15-;/m0./s1. The first-order valence-electron chi connectivity index (χ1n) is 7.67. The Labute approximate surface area is 152 Å². The van der Waals surface area contributed by atoms with Crippen LogP contribution < -0.4 is 5.73 Å². The third-order valence-corrected chi connectivity index (χ3v) is 5.45. The van der Waals surface area contributed by atoms with Crippen molar-refractivity contribution in [2.24, 2.45) is 5.73 Å². The molecule has 2 N–H and O–H groups in total. The Kier molecular flexibility index (Phi) is 5.89. The molecule has 3 aliphatic heterocycles. The van der Waals surface area contributed by atoms with Gasteiger partial charge in [-0.25, -0.2) is 8.98 Å². The number of amides is 2. The van der Waals surface area contributed by atoms with Crippen LogP contribution >= 0.6 is 0 Å². The van der Waals surface area contributed by atoms with Gasteiger partial charge < -0.3 is 15.2 Å². The molecule has 1 saturated heterocycles. The van der Waals surface area contributed by atoms with Gasteiger partial charge in [-0.1, -0.05) is 19.6 Å². The average molecular weight is 386 g/mol. The topological polar surface area (TPSA) is 125 Å². The predicted molar refractivity (Wildman–Crippen MR) is 90.3 cm³/mol. The van der Waals surface area contributed by atoms with Crippen molar-refractivity contribution in [1.29, 1.82) is 0 Å². The van der Waals surface area contributed by atoms with E-state index < -0.39 is 34.5 Å². The van der Waals surface area contributed by atoms with E-state index in [1.165, 1.54) is 17.0 Å². The molecular formula is C16H22N2O7S. The number of primary amides is 1. The highest BCUT2D eigenvalue weighted by Gasteiger charge is 2.50. The van der Waals surface area contributed by atoms with Crippen LogP contribution in [0.4, 0.5) is 4.79 Å². The van der Waals surface area contributed by atoms with E-state index in [0.29, 0.717) is 12.0 Å². The number of ether oxygens (including phenoxy) is 2. The third kappa shape index (κ3) is 3.97. The summed E-state index contributed by atoms with van der Waals surface area (Å²) in [5, 5.41) is 0. The lowest BCUT2D eigenvalue weighted by atomic mass is 10.2. The molecule has 0 saturated carbocycles. The van der Waals surface area contributed by atoms with E-state index in [0.717, 1.165) is 0 Å². The van der Waals surface area contributed by atoms with Crippen molar-refractivity contribution >= 4 is 22.1 Å². The van der Waals surface area contributed by atoms with E-state index >= 15 is 0 Å². The molecule has 1 fully saturated rings. The zero-order valence-corrected chi connectivity index (χ0v) is 14.2. The number of hydrogen-bond acceptors (Lipinski definition) is 7. The van der Waals surface area contributed by atoms with Gasteiger partial charge in [-0.15, -0.1) is 0 Å². The Balaban J connectivity index is 0.00000243. The summed E-state index contributed by atoms with van der Waals surface area (Å²) in [6.07, 6.45) is 0.0134. The first-order chi connectivity index (χ1) is 11.8. The minimum atomic E-state index is -4.15. The van der Waals surface area contributed by atoms with Gasteiger partial charge in [0.1, 0.15) is 13.2 Å². The van der Waals surface area contributed by atoms with Crippen LogP contribution in [0.1, 0.15) is 25.8 Å². The highest BCUT2D eigenvalue weighted by Crippen LogP contribution is 2.35. The van der Waals surface area contributed by atoms with Gasteiger partial charge in [-0.3, -0.25) is 9.69 Å². The minimum Gasteiger partial charge on any atom is -0.444 e. The molecule has 9 nitrogen and oxygen atoms in total. The second-order valence-corrected chi connectivity index (χ2v) is 7.44. The van der Waals surface area contributed by atoms with Gasteiger partial charge in [-0.05, 0) is 24.1 Å². The minimum absolute atomic E-state index is 0. The van der Waals surface area contributed by atoms with Crippen LogP contribution in [-0.2, 0) is 35.2 Å². The Morgan fingerprint density at radius 2 is 2.00 bits per heavy atom. The van der Waals surface area contributed by atoms with Crippen LogP contribution in [-0.4, -0.2) is 50.8 Å². The van der Waals surface area contributed by atoms with Crippen LogP contribution in [0.15, 0.2) is 29.2 Å². The zero-order chi connectivity index (χ0) is 18.1. The average Bonchev–Trinajstić information content (AvgIpc) is 2.94.